The third-order valence-corrected chi connectivity index (χ3v) is 3.65. The van der Waals surface area contributed by atoms with E-state index in [2.05, 4.69) is 62.1 Å². The number of aromatic nitrogens is 1. The lowest BCUT2D eigenvalue weighted by atomic mass is 10.1. The van der Waals surface area contributed by atoms with Gasteiger partial charge in [-0.05, 0) is 66.3 Å². The molecule has 1 unspecified atom stereocenters. The Balaban J connectivity index is 2.17. The maximum Gasteiger partial charge on any atom is 0.0416 e. The van der Waals surface area contributed by atoms with Gasteiger partial charge >= 0.3 is 0 Å². The molecule has 1 N–H and O–H groups in total. The molecule has 3 heteroatoms. The Morgan fingerprint density at radius 2 is 2.05 bits per heavy atom. The number of nitrogens with one attached hydrogen (secondary N) is 1. The molecule has 0 fully saturated rings. The van der Waals surface area contributed by atoms with Gasteiger partial charge in [-0.1, -0.05) is 6.07 Å². The topological polar surface area (TPSA) is 28.2 Å². The lowest BCUT2D eigenvalue weighted by molar-refractivity contribution is 0.242. The van der Waals surface area contributed by atoms with Crippen LogP contribution in [0.4, 0.5) is 0 Å². The molecule has 0 aromatic carbocycles. The van der Waals surface area contributed by atoms with E-state index in [4.69, 9.17) is 0 Å². The number of hydrogen-bond donors (Lipinski definition) is 1. The van der Waals surface area contributed by atoms with Gasteiger partial charge in [-0.15, -0.1) is 0 Å². The van der Waals surface area contributed by atoms with E-state index in [0.717, 1.165) is 19.5 Å². The largest absolute Gasteiger partial charge is 0.312 e. The monoisotopic (exact) mass is 277 g/mol. The summed E-state index contributed by atoms with van der Waals surface area (Å²) in [4.78, 5) is 6.81. The van der Waals surface area contributed by atoms with Crippen molar-refractivity contribution in [2.45, 2.75) is 58.5 Å². The molecule has 0 aliphatic rings. The van der Waals surface area contributed by atoms with Crippen LogP contribution in [-0.2, 0) is 6.42 Å². The van der Waals surface area contributed by atoms with Gasteiger partial charge in [0.15, 0.2) is 0 Å². The predicted octanol–water partition coefficient (Wildman–Crippen LogP) is 3.11. The fraction of sp³-hybridized carbons (Fsp3) is 0.706. The van der Waals surface area contributed by atoms with Crippen molar-refractivity contribution in [2.75, 3.05) is 20.1 Å². The zero-order valence-corrected chi connectivity index (χ0v) is 13.8. The van der Waals surface area contributed by atoms with E-state index in [-0.39, 0.29) is 5.54 Å². The van der Waals surface area contributed by atoms with Crippen LogP contribution in [0.2, 0.25) is 0 Å². The molecular weight excluding hydrogens is 246 g/mol. The minimum Gasteiger partial charge on any atom is -0.312 e. The van der Waals surface area contributed by atoms with E-state index < -0.39 is 0 Å². The SMILES string of the molecule is CC(CCCNC(C)(C)C)N(C)CCc1ccccn1. The molecule has 1 rings (SSSR count). The van der Waals surface area contributed by atoms with Crippen molar-refractivity contribution in [3.63, 3.8) is 0 Å². The van der Waals surface area contributed by atoms with Gasteiger partial charge in [0.2, 0.25) is 0 Å². The van der Waals surface area contributed by atoms with Gasteiger partial charge in [0.1, 0.15) is 0 Å². The third-order valence-electron chi connectivity index (χ3n) is 3.65. The maximum absolute atomic E-state index is 4.38. The van der Waals surface area contributed by atoms with Gasteiger partial charge in [-0.25, -0.2) is 0 Å². The number of pyridine rings is 1. The van der Waals surface area contributed by atoms with Gasteiger partial charge in [0.25, 0.3) is 0 Å². The van der Waals surface area contributed by atoms with Gasteiger partial charge < -0.3 is 10.2 Å². The Bertz CT molecular complexity index is 356. The van der Waals surface area contributed by atoms with Crippen LogP contribution in [0.3, 0.4) is 0 Å². The third kappa shape index (κ3) is 7.61. The number of likely N-dealkylation sites (N-methyl/N-ethyl adjacent to an activating group) is 1. The Morgan fingerprint density at radius 1 is 1.30 bits per heavy atom. The molecule has 0 aliphatic carbocycles. The lowest BCUT2D eigenvalue weighted by Gasteiger charge is -2.26. The molecule has 0 radical (unpaired) electrons. The van der Waals surface area contributed by atoms with Crippen molar-refractivity contribution in [1.29, 1.82) is 0 Å². The van der Waals surface area contributed by atoms with Crippen LogP contribution in [0.25, 0.3) is 0 Å². The highest BCUT2D eigenvalue weighted by atomic mass is 15.1. The van der Waals surface area contributed by atoms with E-state index in [1.165, 1.54) is 18.5 Å². The van der Waals surface area contributed by atoms with E-state index in [1.807, 2.05) is 12.3 Å². The van der Waals surface area contributed by atoms with Gasteiger partial charge in [-0.3, -0.25) is 4.98 Å². The van der Waals surface area contributed by atoms with Crippen molar-refractivity contribution in [1.82, 2.24) is 15.2 Å². The molecule has 0 amide bonds. The fourth-order valence-electron chi connectivity index (χ4n) is 2.14. The van der Waals surface area contributed by atoms with Gasteiger partial charge in [-0.2, -0.15) is 0 Å². The summed E-state index contributed by atoms with van der Waals surface area (Å²) >= 11 is 0. The highest BCUT2D eigenvalue weighted by Crippen LogP contribution is 2.07. The average Bonchev–Trinajstić information content (AvgIpc) is 2.40. The van der Waals surface area contributed by atoms with Crippen molar-refractivity contribution >= 4 is 0 Å². The molecule has 1 heterocycles. The summed E-state index contributed by atoms with van der Waals surface area (Å²) < 4.78 is 0. The first kappa shape index (κ1) is 17.1. The van der Waals surface area contributed by atoms with E-state index >= 15 is 0 Å². The van der Waals surface area contributed by atoms with Crippen LogP contribution in [0.1, 0.15) is 46.2 Å². The Morgan fingerprint density at radius 3 is 2.65 bits per heavy atom. The summed E-state index contributed by atoms with van der Waals surface area (Å²) in [6.45, 7) is 11.1. The number of hydrogen-bond acceptors (Lipinski definition) is 3. The Kier molecular flexibility index (Phi) is 7.17. The summed E-state index contributed by atoms with van der Waals surface area (Å²) in [6.07, 6.45) is 5.37. The fourth-order valence-corrected chi connectivity index (χ4v) is 2.14. The second-order valence-electron chi connectivity index (χ2n) is 6.72. The zero-order chi connectivity index (χ0) is 15.0. The summed E-state index contributed by atoms with van der Waals surface area (Å²) in [5.74, 6) is 0. The first-order chi connectivity index (χ1) is 9.38. The van der Waals surface area contributed by atoms with Crippen LogP contribution in [0.15, 0.2) is 24.4 Å². The molecule has 20 heavy (non-hydrogen) atoms. The summed E-state index contributed by atoms with van der Waals surface area (Å²) in [5.41, 5.74) is 1.41. The molecule has 1 aromatic rings. The predicted molar refractivity (Wildman–Crippen MR) is 87.0 cm³/mol. The number of rotatable bonds is 8. The molecule has 0 aliphatic heterocycles. The smallest absolute Gasteiger partial charge is 0.0416 e. The highest BCUT2D eigenvalue weighted by molar-refractivity contribution is 5.03. The number of nitrogens with zero attached hydrogens (tertiary/aromatic N) is 2. The highest BCUT2D eigenvalue weighted by Gasteiger charge is 2.11. The second-order valence-corrected chi connectivity index (χ2v) is 6.72. The van der Waals surface area contributed by atoms with Crippen LogP contribution in [0.5, 0.6) is 0 Å². The van der Waals surface area contributed by atoms with Crippen LogP contribution in [-0.4, -0.2) is 41.6 Å². The standard InChI is InChI=1S/C17H31N3/c1-15(9-8-13-19-17(2,3)4)20(5)14-11-16-10-6-7-12-18-16/h6-7,10,12,15,19H,8-9,11,13-14H2,1-5H3. The second kappa shape index (κ2) is 8.38. The summed E-state index contributed by atoms with van der Waals surface area (Å²) in [5, 5.41) is 3.55. The normalized spacial score (nSPS) is 13.7. The molecule has 114 valence electrons. The van der Waals surface area contributed by atoms with Crippen molar-refractivity contribution in [2.24, 2.45) is 0 Å². The molecule has 0 saturated heterocycles. The first-order valence-corrected chi connectivity index (χ1v) is 7.73. The van der Waals surface area contributed by atoms with Crippen molar-refractivity contribution in [3.8, 4) is 0 Å². The Labute approximate surface area is 124 Å². The van der Waals surface area contributed by atoms with Crippen molar-refractivity contribution in [3.05, 3.63) is 30.1 Å². The van der Waals surface area contributed by atoms with E-state index in [9.17, 15) is 0 Å². The molecule has 3 nitrogen and oxygen atoms in total. The minimum absolute atomic E-state index is 0.230. The van der Waals surface area contributed by atoms with Crippen LogP contribution in [0, 0.1) is 0 Å². The molecule has 1 aromatic heterocycles. The average molecular weight is 277 g/mol. The molecular formula is C17H31N3. The molecule has 0 saturated carbocycles. The van der Waals surface area contributed by atoms with Crippen LogP contribution < -0.4 is 5.32 Å². The minimum atomic E-state index is 0.230. The van der Waals surface area contributed by atoms with Gasteiger partial charge in [0, 0.05) is 36.4 Å². The quantitative estimate of drug-likeness (QED) is 0.740. The molecule has 0 bridgehead atoms. The van der Waals surface area contributed by atoms with Crippen molar-refractivity contribution < 1.29 is 0 Å². The lowest BCUT2D eigenvalue weighted by Crippen LogP contribution is -2.37. The maximum atomic E-state index is 4.38. The molecule has 0 spiro atoms. The van der Waals surface area contributed by atoms with Crippen LogP contribution >= 0.6 is 0 Å². The molecule has 1 atom stereocenters. The summed E-state index contributed by atoms with van der Waals surface area (Å²) in [7, 11) is 2.21. The first-order valence-electron chi connectivity index (χ1n) is 7.73. The zero-order valence-electron chi connectivity index (χ0n) is 13.8. The Hall–Kier alpha value is -0.930. The summed E-state index contributed by atoms with van der Waals surface area (Å²) in [6, 6.07) is 6.76. The van der Waals surface area contributed by atoms with E-state index in [1.54, 1.807) is 0 Å². The van der Waals surface area contributed by atoms with E-state index in [0.29, 0.717) is 6.04 Å². The van der Waals surface area contributed by atoms with Gasteiger partial charge in [0.05, 0.1) is 0 Å².